The second kappa shape index (κ2) is 6.55. The summed E-state index contributed by atoms with van der Waals surface area (Å²) in [6.07, 6.45) is 8.44. The van der Waals surface area contributed by atoms with E-state index in [4.69, 9.17) is 0 Å². The SMILES string of the molecule is CCNc1ncc(Br)c(NCC2(CC)CCCC2)n1. The molecule has 2 rings (SSSR count). The fourth-order valence-electron chi connectivity index (χ4n) is 2.79. The van der Waals surface area contributed by atoms with E-state index in [9.17, 15) is 0 Å². The summed E-state index contributed by atoms with van der Waals surface area (Å²) >= 11 is 3.52. The van der Waals surface area contributed by atoms with Crippen molar-refractivity contribution >= 4 is 27.7 Å². The summed E-state index contributed by atoms with van der Waals surface area (Å²) in [4.78, 5) is 8.75. The van der Waals surface area contributed by atoms with Gasteiger partial charge in [-0.15, -0.1) is 0 Å². The molecule has 0 aliphatic heterocycles. The van der Waals surface area contributed by atoms with Gasteiger partial charge in [-0.2, -0.15) is 4.98 Å². The third-order valence-electron chi connectivity index (χ3n) is 4.12. The third kappa shape index (κ3) is 3.59. The first-order valence-electron chi connectivity index (χ1n) is 7.19. The van der Waals surface area contributed by atoms with E-state index in [2.05, 4.69) is 43.5 Å². The van der Waals surface area contributed by atoms with E-state index < -0.39 is 0 Å². The molecule has 0 aromatic carbocycles. The molecule has 19 heavy (non-hydrogen) atoms. The fourth-order valence-corrected chi connectivity index (χ4v) is 3.12. The Kier molecular flexibility index (Phi) is 5.02. The monoisotopic (exact) mass is 326 g/mol. The summed E-state index contributed by atoms with van der Waals surface area (Å²) in [5.74, 6) is 1.58. The first kappa shape index (κ1) is 14.6. The van der Waals surface area contributed by atoms with E-state index in [1.54, 1.807) is 6.20 Å². The molecule has 0 bridgehead atoms. The highest BCUT2D eigenvalue weighted by Gasteiger charge is 2.31. The maximum absolute atomic E-state index is 4.51. The molecule has 0 radical (unpaired) electrons. The van der Waals surface area contributed by atoms with Crippen molar-refractivity contribution in [3.8, 4) is 0 Å². The van der Waals surface area contributed by atoms with Gasteiger partial charge >= 0.3 is 0 Å². The summed E-state index contributed by atoms with van der Waals surface area (Å²) in [6.45, 7) is 6.18. The van der Waals surface area contributed by atoms with Crippen LogP contribution >= 0.6 is 15.9 Å². The van der Waals surface area contributed by atoms with Gasteiger partial charge in [0.25, 0.3) is 0 Å². The minimum Gasteiger partial charge on any atom is -0.368 e. The van der Waals surface area contributed by atoms with Crippen molar-refractivity contribution in [3.05, 3.63) is 10.7 Å². The zero-order chi connectivity index (χ0) is 13.7. The van der Waals surface area contributed by atoms with Crippen molar-refractivity contribution in [2.45, 2.75) is 46.0 Å². The Morgan fingerprint density at radius 3 is 2.63 bits per heavy atom. The van der Waals surface area contributed by atoms with Crippen LogP contribution in [-0.4, -0.2) is 23.1 Å². The molecular formula is C14H23BrN4. The molecular weight excluding hydrogens is 304 g/mol. The standard InChI is InChI=1S/C14H23BrN4/c1-3-14(7-5-6-8-14)10-18-12-11(15)9-17-13(19-12)16-4-2/h9H,3-8,10H2,1-2H3,(H2,16,17,18,19). The van der Waals surface area contributed by atoms with Crippen LogP contribution in [-0.2, 0) is 0 Å². The molecule has 0 atom stereocenters. The van der Waals surface area contributed by atoms with E-state index in [-0.39, 0.29) is 0 Å². The smallest absolute Gasteiger partial charge is 0.224 e. The molecule has 2 N–H and O–H groups in total. The van der Waals surface area contributed by atoms with E-state index in [1.165, 1.54) is 32.1 Å². The quantitative estimate of drug-likeness (QED) is 0.827. The molecule has 1 aliphatic carbocycles. The molecule has 0 amide bonds. The molecule has 4 nitrogen and oxygen atoms in total. The predicted molar refractivity (Wildman–Crippen MR) is 83.6 cm³/mol. The molecule has 1 aliphatic rings. The van der Waals surface area contributed by atoms with Crippen molar-refractivity contribution in [2.24, 2.45) is 5.41 Å². The molecule has 1 heterocycles. The highest BCUT2D eigenvalue weighted by molar-refractivity contribution is 9.10. The molecule has 0 spiro atoms. The first-order chi connectivity index (χ1) is 9.19. The second-order valence-electron chi connectivity index (χ2n) is 5.33. The van der Waals surface area contributed by atoms with Crippen molar-refractivity contribution in [3.63, 3.8) is 0 Å². The third-order valence-corrected chi connectivity index (χ3v) is 4.70. The Hall–Kier alpha value is -0.840. The zero-order valence-electron chi connectivity index (χ0n) is 11.8. The lowest BCUT2D eigenvalue weighted by atomic mass is 9.83. The lowest BCUT2D eigenvalue weighted by Crippen LogP contribution is -2.26. The van der Waals surface area contributed by atoms with E-state index >= 15 is 0 Å². The number of nitrogens with zero attached hydrogens (tertiary/aromatic N) is 2. The first-order valence-corrected chi connectivity index (χ1v) is 7.99. The molecule has 1 saturated carbocycles. The number of halogens is 1. The van der Waals surface area contributed by atoms with Gasteiger partial charge in [0, 0.05) is 19.3 Å². The normalized spacial score (nSPS) is 17.4. The summed E-state index contributed by atoms with van der Waals surface area (Å²) in [7, 11) is 0. The molecule has 0 saturated heterocycles. The molecule has 5 heteroatoms. The highest BCUT2D eigenvalue weighted by Crippen LogP contribution is 2.41. The summed E-state index contributed by atoms with van der Waals surface area (Å²) in [5, 5.41) is 6.65. The molecule has 1 aromatic heterocycles. The lowest BCUT2D eigenvalue weighted by Gasteiger charge is -2.28. The maximum Gasteiger partial charge on any atom is 0.224 e. The van der Waals surface area contributed by atoms with Crippen molar-refractivity contribution in [1.82, 2.24) is 9.97 Å². The van der Waals surface area contributed by atoms with Crippen LogP contribution in [0.25, 0.3) is 0 Å². The van der Waals surface area contributed by atoms with Gasteiger partial charge in [0.15, 0.2) is 0 Å². The number of hydrogen-bond acceptors (Lipinski definition) is 4. The minimum absolute atomic E-state index is 0.461. The average Bonchev–Trinajstić information content (AvgIpc) is 2.89. The van der Waals surface area contributed by atoms with Gasteiger partial charge in [0.05, 0.1) is 4.47 Å². The molecule has 1 aromatic rings. The summed E-state index contributed by atoms with van der Waals surface area (Å²) < 4.78 is 0.929. The fraction of sp³-hybridized carbons (Fsp3) is 0.714. The molecule has 106 valence electrons. The van der Waals surface area contributed by atoms with Gasteiger partial charge in [0.2, 0.25) is 5.95 Å². The Bertz CT molecular complexity index is 416. The Balaban J connectivity index is 2.03. The predicted octanol–water partition coefficient (Wildman–Crippen LogP) is 4.05. The maximum atomic E-state index is 4.51. The van der Waals surface area contributed by atoms with Crippen molar-refractivity contribution in [1.29, 1.82) is 0 Å². The number of hydrogen-bond donors (Lipinski definition) is 2. The topological polar surface area (TPSA) is 49.8 Å². The van der Waals surface area contributed by atoms with Crippen molar-refractivity contribution < 1.29 is 0 Å². The van der Waals surface area contributed by atoms with E-state index in [0.717, 1.165) is 23.4 Å². The van der Waals surface area contributed by atoms with Gasteiger partial charge in [-0.25, -0.2) is 4.98 Å². The zero-order valence-corrected chi connectivity index (χ0v) is 13.4. The van der Waals surface area contributed by atoms with Crippen molar-refractivity contribution in [2.75, 3.05) is 23.7 Å². The van der Waals surface area contributed by atoms with Crippen LogP contribution in [0.15, 0.2) is 10.7 Å². The van der Waals surface area contributed by atoms with Gasteiger partial charge in [-0.1, -0.05) is 19.8 Å². The molecule has 1 fully saturated rings. The minimum atomic E-state index is 0.461. The summed E-state index contributed by atoms with van der Waals surface area (Å²) in [5.41, 5.74) is 0.461. The Labute approximate surface area is 123 Å². The second-order valence-corrected chi connectivity index (χ2v) is 6.19. The van der Waals surface area contributed by atoms with Crippen LogP contribution in [0.3, 0.4) is 0 Å². The van der Waals surface area contributed by atoms with Gasteiger partial charge < -0.3 is 10.6 Å². The van der Waals surface area contributed by atoms with Gasteiger partial charge in [0.1, 0.15) is 5.82 Å². The van der Waals surface area contributed by atoms with Crippen LogP contribution in [0.5, 0.6) is 0 Å². The molecule has 0 unspecified atom stereocenters. The van der Waals surface area contributed by atoms with Crippen LogP contribution in [0.4, 0.5) is 11.8 Å². The Morgan fingerprint density at radius 1 is 1.26 bits per heavy atom. The van der Waals surface area contributed by atoms with Gasteiger partial charge in [-0.05, 0) is 47.5 Å². The van der Waals surface area contributed by atoms with Gasteiger partial charge in [-0.3, -0.25) is 0 Å². The lowest BCUT2D eigenvalue weighted by molar-refractivity contribution is 0.306. The van der Waals surface area contributed by atoms with Crippen LogP contribution < -0.4 is 10.6 Å². The number of nitrogens with one attached hydrogen (secondary N) is 2. The number of rotatable bonds is 6. The van der Waals surface area contributed by atoms with E-state index in [1.807, 2.05) is 6.92 Å². The van der Waals surface area contributed by atoms with Crippen LogP contribution in [0.2, 0.25) is 0 Å². The number of anilines is 2. The van der Waals surface area contributed by atoms with Crippen LogP contribution in [0, 0.1) is 5.41 Å². The highest BCUT2D eigenvalue weighted by atomic mass is 79.9. The summed E-state index contributed by atoms with van der Waals surface area (Å²) in [6, 6.07) is 0. The van der Waals surface area contributed by atoms with E-state index in [0.29, 0.717) is 11.4 Å². The van der Waals surface area contributed by atoms with Crippen LogP contribution in [0.1, 0.15) is 46.0 Å². The average molecular weight is 327 g/mol. The number of aromatic nitrogens is 2. The largest absolute Gasteiger partial charge is 0.368 e. The Morgan fingerprint density at radius 2 is 2.00 bits per heavy atom.